The molecule has 0 amide bonds. The number of esters is 1. The first-order valence-electron chi connectivity index (χ1n) is 9.60. The van der Waals surface area contributed by atoms with Crippen molar-refractivity contribution in [3.8, 4) is 5.75 Å². The minimum atomic E-state index is -0.805. The molecule has 1 aliphatic rings. The van der Waals surface area contributed by atoms with Crippen LogP contribution in [0, 0.1) is 0 Å². The van der Waals surface area contributed by atoms with E-state index in [1.54, 1.807) is 0 Å². The van der Waals surface area contributed by atoms with E-state index >= 15 is 0 Å². The van der Waals surface area contributed by atoms with Crippen molar-refractivity contribution in [1.29, 1.82) is 0 Å². The molecule has 2 unspecified atom stereocenters. The predicted octanol–water partition coefficient (Wildman–Crippen LogP) is 5.09. The van der Waals surface area contributed by atoms with E-state index in [0.29, 0.717) is 12.2 Å². The third kappa shape index (κ3) is 4.64. The van der Waals surface area contributed by atoms with E-state index in [1.165, 1.54) is 0 Å². The van der Waals surface area contributed by atoms with Gasteiger partial charge in [0.1, 0.15) is 11.4 Å². The maximum Gasteiger partial charge on any atom is 0.342 e. The van der Waals surface area contributed by atoms with Gasteiger partial charge in [0.15, 0.2) is 6.10 Å². The summed E-state index contributed by atoms with van der Waals surface area (Å²) in [6, 6.07) is 3.81. The molecular formula is C22H34O5. The van der Waals surface area contributed by atoms with Crippen LogP contribution in [0.25, 0.3) is 0 Å². The standard InChI is InChI=1S/C22H34O5/c1-10-22(8,9)25-19(24)18-17(26-27-18)13-11-14(20(2,3)4)16(23)15(12-13)21(5,6)7/h11-12,17-18,23H,10H2,1-9H3. The van der Waals surface area contributed by atoms with E-state index in [4.69, 9.17) is 14.5 Å². The number of hydrogen-bond acceptors (Lipinski definition) is 5. The Morgan fingerprint density at radius 2 is 1.48 bits per heavy atom. The Balaban J connectivity index is 2.42. The molecule has 1 aromatic carbocycles. The van der Waals surface area contributed by atoms with Crippen LogP contribution in [0.5, 0.6) is 5.75 Å². The van der Waals surface area contributed by atoms with Crippen LogP contribution < -0.4 is 0 Å². The van der Waals surface area contributed by atoms with Crippen molar-refractivity contribution < 1.29 is 24.4 Å². The topological polar surface area (TPSA) is 65.0 Å². The van der Waals surface area contributed by atoms with Crippen molar-refractivity contribution in [2.45, 2.75) is 97.4 Å². The van der Waals surface area contributed by atoms with E-state index in [1.807, 2.05) is 74.4 Å². The van der Waals surface area contributed by atoms with Gasteiger partial charge in [-0.2, -0.15) is 0 Å². The zero-order valence-corrected chi connectivity index (χ0v) is 18.1. The maximum absolute atomic E-state index is 12.5. The van der Waals surface area contributed by atoms with Crippen LogP contribution in [-0.2, 0) is 30.1 Å². The molecule has 1 aromatic rings. The Labute approximate surface area is 162 Å². The molecule has 0 saturated carbocycles. The number of benzene rings is 1. The summed E-state index contributed by atoms with van der Waals surface area (Å²) in [5.74, 6) is -0.133. The van der Waals surface area contributed by atoms with Gasteiger partial charge in [0.2, 0.25) is 6.10 Å². The molecule has 27 heavy (non-hydrogen) atoms. The van der Waals surface area contributed by atoms with Crippen molar-refractivity contribution in [1.82, 2.24) is 0 Å². The van der Waals surface area contributed by atoms with Crippen LogP contribution in [0.15, 0.2) is 12.1 Å². The zero-order chi connectivity index (χ0) is 20.8. The van der Waals surface area contributed by atoms with Crippen molar-refractivity contribution >= 4 is 5.97 Å². The summed E-state index contributed by atoms with van der Waals surface area (Å²) in [6.45, 7) is 18.0. The largest absolute Gasteiger partial charge is 0.507 e. The summed E-state index contributed by atoms with van der Waals surface area (Å²) >= 11 is 0. The van der Waals surface area contributed by atoms with E-state index in [0.717, 1.165) is 16.7 Å². The summed E-state index contributed by atoms with van der Waals surface area (Å²) in [4.78, 5) is 22.9. The van der Waals surface area contributed by atoms with E-state index in [2.05, 4.69) is 0 Å². The highest BCUT2D eigenvalue weighted by Gasteiger charge is 2.46. The highest BCUT2D eigenvalue weighted by atomic mass is 17.2. The maximum atomic E-state index is 12.5. The van der Waals surface area contributed by atoms with Gasteiger partial charge in [-0.3, -0.25) is 0 Å². The number of carbonyl (C=O) groups excluding carboxylic acids is 1. The Morgan fingerprint density at radius 3 is 1.81 bits per heavy atom. The smallest absolute Gasteiger partial charge is 0.342 e. The van der Waals surface area contributed by atoms with Crippen LogP contribution >= 0.6 is 0 Å². The van der Waals surface area contributed by atoms with Crippen molar-refractivity contribution in [3.63, 3.8) is 0 Å². The van der Waals surface area contributed by atoms with Gasteiger partial charge in [-0.1, -0.05) is 48.5 Å². The van der Waals surface area contributed by atoms with Gasteiger partial charge >= 0.3 is 5.97 Å². The lowest BCUT2D eigenvalue weighted by Gasteiger charge is -2.37. The molecular weight excluding hydrogens is 344 g/mol. The predicted molar refractivity (Wildman–Crippen MR) is 105 cm³/mol. The fourth-order valence-corrected chi connectivity index (χ4v) is 2.93. The van der Waals surface area contributed by atoms with Crippen LogP contribution in [-0.4, -0.2) is 22.8 Å². The number of ether oxygens (including phenoxy) is 1. The number of rotatable bonds is 4. The Kier molecular flexibility index (Phi) is 5.71. The molecule has 0 spiro atoms. The minimum absolute atomic E-state index is 0.259. The second kappa shape index (κ2) is 7.10. The van der Waals surface area contributed by atoms with Crippen LogP contribution in [0.3, 0.4) is 0 Å². The molecule has 5 nitrogen and oxygen atoms in total. The van der Waals surface area contributed by atoms with Crippen LogP contribution in [0.4, 0.5) is 0 Å². The fourth-order valence-electron chi connectivity index (χ4n) is 2.93. The van der Waals surface area contributed by atoms with Gasteiger partial charge in [0.05, 0.1) is 0 Å². The van der Waals surface area contributed by atoms with Gasteiger partial charge in [0.25, 0.3) is 0 Å². The van der Waals surface area contributed by atoms with Crippen molar-refractivity contribution in [2.75, 3.05) is 0 Å². The Hall–Kier alpha value is -1.59. The molecule has 2 atom stereocenters. The lowest BCUT2D eigenvalue weighted by molar-refractivity contribution is -0.460. The quantitative estimate of drug-likeness (QED) is 0.584. The first kappa shape index (κ1) is 21.7. The molecule has 1 N–H and O–H groups in total. The molecule has 2 rings (SSSR count). The second-order valence-corrected chi connectivity index (χ2v) is 10.0. The van der Waals surface area contributed by atoms with Gasteiger partial charge in [-0.25, -0.2) is 14.6 Å². The summed E-state index contributed by atoms with van der Waals surface area (Å²) < 4.78 is 5.57. The Morgan fingerprint density at radius 1 is 1.00 bits per heavy atom. The number of hydrogen-bond donors (Lipinski definition) is 1. The average molecular weight is 379 g/mol. The zero-order valence-electron chi connectivity index (χ0n) is 18.1. The number of phenolic OH excluding ortho intramolecular Hbond substituents is 1. The SMILES string of the molecule is CCC(C)(C)OC(=O)C1OOC1c1cc(C(C)(C)C)c(O)c(C(C)(C)C)c1. The van der Waals surface area contributed by atoms with Crippen LogP contribution in [0.1, 0.15) is 91.5 Å². The van der Waals surface area contributed by atoms with Gasteiger partial charge in [-0.15, -0.1) is 0 Å². The summed E-state index contributed by atoms with van der Waals surface area (Å²) in [6.07, 6.45) is -0.646. The number of aromatic hydroxyl groups is 1. The van der Waals surface area contributed by atoms with Crippen molar-refractivity contribution in [3.05, 3.63) is 28.8 Å². The highest BCUT2D eigenvalue weighted by molar-refractivity contribution is 5.77. The normalized spacial score (nSPS) is 20.9. The number of carbonyl (C=O) groups is 1. The van der Waals surface area contributed by atoms with Gasteiger partial charge in [0, 0.05) is 0 Å². The first-order chi connectivity index (χ1) is 12.2. The summed E-state index contributed by atoms with van der Waals surface area (Å²) in [7, 11) is 0. The van der Waals surface area contributed by atoms with Crippen LogP contribution in [0.2, 0.25) is 0 Å². The van der Waals surface area contributed by atoms with E-state index < -0.39 is 23.8 Å². The summed E-state index contributed by atoms with van der Waals surface area (Å²) in [5.41, 5.74) is 1.38. The third-order valence-electron chi connectivity index (χ3n) is 5.08. The molecule has 5 heteroatoms. The molecule has 152 valence electrons. The average Bonchev–Trinajstić information content (AvgIpc) is 2.44. The molecule has 0 bridgehead atoms. The second-order valence-electron chi connectivity index (χ2n) is 10.0. The van der Waals surface area contributed by atoms with E-state index in [9.17, 15) is 9.90 Å². The van der Waals surface area contributed by atoms with E-state index in [-0.39, 0.29) is 10.8 Å². The number of phenols is 1. The van der Waals surface area contributed by atoms with Gasteiger partial charge in [-0.05, 0) is 59.9 Å². The Bertz CT molecular complexity index is 671. The first-order valence-corrected chi connectivity index (χ1v) is 9.60. The lowest BCUT2D eigenvalue weighted by Crippen LogP contribution is -2.45. The minimum Gasteiger partial charge on any atom is -0.507 e. The molecule has 1 saturated heterocycles. The fraction of sp³-hybridized carbons (Fsp3) is 0.682. The molecule has 1 aliphatic heterocycles. The molecule has 0 radical (unpaired) electrons. The van der Waals surface area contributed by atoms with Gasteiger partial charge < -0.3 is 9.84 Å². The molecule has 0 aromatic heterocycles. The molecule has 1 heterocycles. The lowest BCUT2D eigenvalue weighted by atomic mass is 9.77. The van der Waals surface area contributed by atoms with Crippen molar-refractivity contribution in [2.24, 2.45) is 0 Å². The highest BCUT2D eigenvalue weighted by Crippen LogP contribution is 2.44. The molecule has 0 aliphatic carbocycles. The molecule has 1 fully saturated rings. The summed E-state index contributed by atoms with van der Waals surface area (Å²) in [5, 5.41) is 10.9. The monoisotopic (exact) mass is 378 g/mol. The third-order valence-corrected chi connectivity index (χ3v) is 5.08.